The molecule has 1 amide bonds. The highest BCUT2D eigenvalue weighted by atomic mass is 19.4. The first-order valence-electron chi connectivity index (χ1n) is 8.26. The molecule has 0 fully saturated rings. The fraction of sp³-hybridized carbons (Fsp3) is 0.167. The number of alkyl halides is 5. The summed E-state index contributed by atoms with van der Waals surface area (Å²) in [6.45, 7) is -3.20. The monoisotopic (exact) mass is 430 g/mol. The van der Waals surface area contributed by atoms with Gasteiger partial charge in [0.05, 0.1) is 5.69 Å². The van der Waals surface area contributed by atoms with Crippen molar-refractivity contribution < 1.29 is 35.9 Å². The van der Waals surface area contributed by atoms with Gasteiger partial charge < -0.3 is 10.1 Å². The first kappa shape index (κ1) is 21.1. The number of rotatable bonds is 6. The molecule has 3 aromatic rings. The van der Waals surface area contributed by atoms with E-state index in [2.05, 4.69) is 20.4 Å². The fourth-order valence-corrected chi connectivity index (χ4v) is 2.51. The van der Waals surface area contributed by atoms with Crippen LogP contribution in [0.4, 0.5) is 26.3 Å². The number of carbonyl (C=O) groups is 1. The van der Waals surface area contributed by atoms with Gasteiger partial charge in [-0.05, 0) is 42.0 Å². The SMILES string of the molecule is O=C(NCc1ccc(OC(F)F)cc1)c1nnn(-c2ccc(F)cc2)c1C(F)(F)F. The minimum atomic E-state index is -4.97. The number of aromatic nitrogens is 3. The molecule has 0 spiro atoms. The number of halogens is 6. The van der Waals surface area contributed by atoms with Gasteiger partial charge in [0, 0.05) is 6.54 Å². The zero-order chi connectivity index (χ0) is 21.9. The molecule has 1 aromatic heterocycles. The second-order valence-corrected chi connectivity index (χ2v) is 5.88. The number of nitrogens with one attached hydrogen (secondary N) is 1. The van der Waals surface area contributed by atoms with Crippen molar-refractivity contribution in [1.82, 2.24) is 20.3 Å². The Morgan fingerprint density at radius 2 is 1.70 bits per heavy atom. The summed E-state index contributed by atoms with van der Waals surface area (Å²) >= 11 is 0. The number of benzene rings is 2. The second kappa shape index (κ2) is 8.43. The molecule has 0 aliphatic heterocycles. The summed E-state index contributed by atoms with van der Waals surface area (Å²) in [5, 5.41) is 8.96. The van der Waals surface area contributed by atoms with Crippen LogP contribution in [0.5, 0.6) is 5.75 Å². The number of hydrogen-bond donors (Lipinski definition) is 1. The summed E-state index contributed by atoms with van der Waals surface area (Å²) in [5.41, 5.74) is -2.11. The van der Waals surface area contributed by atoms with Gasteiger partial charge in [-0.3, -0.25) is 4.79 Å². The molecule has 1 heterocycles. The van der Waals surface area contributed by atoms with Gasteiger partial charge in [-0.25, -0.2) is 9.07 Å². The molecule has 0 saturated heterocycles. The van der Waals surface area contributed by atoms with Gasteiger partial charge in [0.2, 0.25) is 0 Å². The Hall–Kier alpha value is -3.57. The number of hydrogen-bond acceptors (Lipinski definition) is 4. The van der Waals surface area contributed by atoms with Crippen LogP contribution in [-0.4, -0.2) is 27.5 Å². The van der Waals surface area contributed by atoms with Crippen molar-refractivity contribution in [2.45, 2.75) is 19.3 Å². The van der Waals surface area contributed by atoms with Crippen molar-refractivity contribution in [1.29, 1.82) is 0 Å². The van der Waals surface area contributed by atoms with Crippen LogP contribution in [0.1, 0.15) is 21.7 Å². The Labute approximate surface area is 165 Å². The van der Waals surface area contributed by atoms with Crippen LogP contribution in [0, 0.1) is 5.82 Å². The Bertz CT molecular complexity index is 1020. The number of amides is 1. The van der Waals surface area contributed by atoms with E-state index in [-0.39, 0.29) is 18.0 Å². The predicted octanol–water partition coefficient (Wildman–Crippen LogP) is 3.96. The molecule has 12 heteroatoms. The summed E-state index contributed by atoms with van der Waals surface area (Å²) in [6.07, 6.45) is -4.97. The largest absolute Gasteiger partial charge is 0.435 e. The number of nitrogens with zero attached hydrogens (tertiary/aromatic N) is 3. The van der Waals surface area contributed by atoms with E-state index in [1.165, 1.54) is 24.3 Å². The minimum absolute atomic E-state index is 0.110. The number of carbonyl (C=O) groups excluding carboxylic acids is 1. The Morgan fingerprint density at radius 1 is 1.07 bits per heavy atom. The molecule has 0 aliphatic carbocycles. The lowest BCUT2D eigenvalue weighted by Gasteiger charge is -2.11. The normalized spacial score (nSPS) is 11.6. The van der Waals surface area contributed by atoms with Crippen molar-refractivity contribution in [3.05, 3.63) is 71.3 Å². The van der Waals surface area contributed by atoms with Crippen molar-refractivity contribution >= 4 is 5.91 Å². The molecular weight excluding hydrogens is 418 g/mol. The van der Waals surface area contributed by atoms with E-state index >= 15 is 0 Å². The predicted molar refractivity (Wildman–Crippen MR) is 90.6 cm³/mol. The lowest BCUT2D eigenvalue weighted by Crippen LogP contribution is -2.27. The third-order valence-electron chi connectivity index (χ3n) is 3.83. The van der Waals surface area contributed by atoms with Crippen LogP contribution in [0.3, 0.4) is 0 Å². The maximum Gasteiger partial charge on any atom is 0.435 e. The van der Waals surface area contributed by atoms with E-state index in [4.69, 9.17) is 0 Å². The van der Waals surface area contributed by atoms with Gasteiger partial charge in [-0.1, -0.05) is 17.3 Å². The molecule has 1 N–H and O–H groups in total. The lowest BCUT2D eigenvalue weighted by atomic mass is 10.2. The van der Waals surface area contributed by atoms with Crippen molar-refractivity contribution in [2.24, 2.45) is 0 Å². The Balaban J connectivity index is 1.79. The molecule has 0 saturated carbocycles. The Kier molecular flexibility index (Phi) is 5.94. The van der Waals surface area contributed by atoms with Crippen molar-refractivity contribution in [2.75, 3.05) is 0 Å². The van der Waals surface area contributed by atoms with Gasteiger partial charge in [-0.2, -0.15) is 22.0 Å². The van der Waals surface area contributed by atoms with Crippen molar-refractivity contribution in [3.8, 4) is 11.4 Å². The first-order chi connectivity index (χ1) is 14.1. The minimum Gasteiger partial charge on any atom is -0.435 e. The van der Waals surface area contributed by atoms with E-state index in [0.29, 0.717) is 10.2 Å². The van der Waals surface area contributed by atoms with Crippen LogP contribution in [0.25, 0.3) is 5.69 Å². The highest BCUT2D eigenvalue weighted by Crippen LogP contribution is 2.32. The maximum atomic E-state index is 13.5. The Morgan fingerprint density at radius 3 is 2.27 bits per heavy atom. The van der Waals surface area contributed by atoms with E-state index < -0.39 is 35.9 Å². The third kappa shape index (κ3) is 4.88. The van der Waals surface area contributed by atoms with E-state index in [9.17, 15) is 31.1 Å². The smallest absolute Gasteiger partial charge is 0.435 e. The molecule has 0 bridgehead atoms. The van der Waals surface area contributed by atoms with E-state index in [1.54, 1.807) is 0 Å². The fourth-order valence-electron chi connectivity index (χ4n) is 2.51. The zero-order valence-corrected chi connectivity index (χ0v) is 14.8. The average Bonchev–Trinajstić information content (AvgIpc) is 3.13. The summed E-state index contributed by atoms with van der Waals surface area (Å²) in [6, 6.07) is 9.17. The molecule has 0 radical (unpaired) electrons. The maximum absolute atomic E-state index is 13.5. The highest BCUT2D eigenvalue weighted by molar-refractivity contribution is 5.93. The van der Waals surface area contributed by atoms with Gasteiger partial charge in [0.15, 0.2) is 11.4 Å². The standard InChI is InChI=1S/C18H12F6N4O2/c19-11-3-5-12(6-4-11)28-15(18(22,23)24)14(26-27-28)16(29)25-9-10-1-7-13(8-2-10)30-17(20)21/h1-8,17H,9H2,(H,25,29). The molecule has 3 rings (SSSR count). The molecule has 0 unspecified atom stereocenters. The summed E-state index contributed by atoms with van der Waals surface area (Å²) < 4.78 is 82.5. The van der Waals surface area contributed by atoms with E-state index in [0.717, 1.165) is 24.3 Å². The van der Waals surface area contributed by atoms with Crippen LogP contribution in [-0.2, 0) is 12.7 Å². The van der Waals surface area contributed by atoms with E-state index in [1.807, 2.05) is 0 Å². The first-order valence-corrected chi connectivity index (χ1v) is 8.26. The highest BCUT2D eigenvalue weighted by Gasteiger charge is 2.42. The summed E-state index contributed by atoms with van der Waals surface area (Å²) in [4.78, 5) is 12.3. The lowest BCUT2D eigenvalue weighted by molar-refractivity contribution is -0.143. The van der Waals surface area contributed by atoms with Gasteiger partial charge in [-0.15, -0.1) is 5.10 Å². The molecule has 2 aromatic carbocycles. The summed E-state index contributed by atoms with van der Waals surface area (Å²) in [7, 11) is 0. The van der Waals surface area contributed by atoms with Crippen LogP contribution in [0.2, 0.25) is 0 Å². The zero-order valence-electron chi connectivity index (χ0n) is 14.8. The number of ether oxygens (including phenoxy) is 1. The molecule has 30 heavy (non-hydrogen) atoms. The molecule has 0 aliphatic rings. The summed E-state index contributed by atoms with van der Waals surface area (Å²) in [5.74, 6) is -1.92. The van der Waals surface area contributed by atoms with Crippen molar-refractivity contribution in [3.63, 3.8) is 0 Å². The molecular formula is C18H12F6N4O2. The molecule has 158 valence electrons. The van der Waals surface area contributed by atoms with Crippen LogP contribution >= 0.6 is 0 Å². The molecule has 6 nitrogen and oxygen atoms in total. The molecule has 0 atom stereocenters. The van der Waals surface area contributed by atoms with Gasteiger partial charge in [0.25, 0.3) is 5.91 Å². The van der Waals surface area contributed by atoms with Gasteiger partial charge >= 0.3 is 12.8 Å². The second-order valence-electron chi connectivity index (χ2n) is 5.88. The van der Waals surface area contributed by atoms with Crippen LogP contribution in [0.15, 0.2) is 48.5 Å². The van der Waals surface area contributed by atoms with Gasteiger partial charge in [0.1, 0.15) is 11.6 Å². The van der Waals surface area contributed by atoms with Crippen LogP contribution < -0.4 is 10.1 Å². The topological polar surface area (TPSA) is 69.0 Å². The quantitative estimate of drug-likeness (QED) is 0.602. The third-order valence-corrected chi connectivity index (χ3v) is 3.83. The average molecular weight is 430 g/mol.